The zero-order valence-corrected chi connectivity index (χ0v) is 19.9. The van der Waals surface area contributed by atoms with Crippen molar-refractivity contribution in [1.82, 2.24) is 15.1 Å². The Hall–Kier alpha value is -3.38. The smallest absolute Gasteiger partial charge is 0.277 e. The third-order valence-corrected chi connectivity index (χ3v) is 6.45. The lowest BCUT2D eigenvalue weighted by Crippen LogP contribution is -2.35. The number of amides is 1. The number of hydrogen-bond donors (Lipinski definition) is 0. The van der Waals surface area contributed by atoms with Crippen LogP contribution < -0.4 is 0 Å². The van der Waals surface area contributed by atoms with Crippen LogP contribution in [-0.2, 0) is 17.9 Å². The van der Waals surface area contributed by atoms with Crippen molar-refractivity contribution in [1.29, 1.82) is 0 Å². The monoisotopic (exact) mass is 457 g/mol. The molecule has 0 bridgehead atoms. The zero-order valence-electron chi connectivity index (χ0n) is 19.1. The lowest BCUT2D eigenvalue weighted by molar-refractivity contribution is -0.131. The lowest BCUT2D eigenvalue weighted by atomic mass is 10.1. The number of thioether (sulfide) groups is 1. The molecule has 1 amide bonds. The molecule has 5 nitrogen and oxygen atoms in total. The van der Waals surface area contributed by atoms with Crippen LogP contribution in [0.2, 0.25) is 0 Å². The summed E-state index contributed by atoms with van der Waals surface area (Å²) in [5, 5.41) is 8.38. The van der Waals surface area contributed by atoms with E-state index in [9.17, 15) is 4.79 Å². The molecule has 0 N–H and O–H groups in total. The molecule has 1 aromatic heterocycles. The van der Waals surface area contributed by atoms with Crippen molar-refractivity contribution in [3.8, 4) is 11.5 Å². The third-order valence-electron chi connectivity index (χ3n) is 5.53. The highest BCUT2D eigenvalue weighted by Crippen LogP contribution is 2.28. The van der Waals surface area contributed by atoms with Gasteiger partial charge in [-0.2, -0.15) is 0 Å². The van der Waals surface area contributed by atoms with Crippen LogP contribution in [0.15, 0.2) is 88.5 Å². The first-order chi connectivity index (χ1) is 16.0. The van der Waals surface area contributed by atoms with Crippen LogP contribution in [0.4, 0.5) is 0 Å². The molecule has 0 aliphatic heterocycles. The summed E-state index contributed by atoms with van der Waals surface area (Å²) in [5.41, 5.74) is 5.44. The van der Waals surface area contributed by atoms with Gasteiger partial charge in [-0.15, -0.1) is 10.2 Å². The molecule has 1 atom stereocenters. The van der Waals surface area contributed by atoms with E-state index in [1.807, 2.05) is 90.7 Å². The summed E-state index contributed by atoms with van der Waals surface area (Å²) in [4.78, 5) is 15.3. The molecule has 3 aromatic carbocycles. The number of nitrogens with zero attached hydrogens (tertiary/aromatic N) is 3. The Morgan fingerprint density at radius 3 is 2.06 bits per heavy atom. The largest absolute Gasteiger partial charge is 0.411 e. The highest BCUT2D eigenvalue weighted by atomic mass is 32.2. The van der Waals surface area contributed by atoms with Crippen molar-refractivity contribution in [2.75, 3.05) is 0 Å². The fourth-order valence-electron chi connectivity index (χ4n) is 3.53. The van der Waals surface area contributed by atoms with Gasteiger partial charge in [-0.3, -0.25) is 4.79 Å². The van der Waals surface area contributed by atoms with Crippen LogP contribution in [0.3, 0.4) is 0 Å². The SMILES string of the molecule is Cc1ccc(-c2nnc(SC(C)C(=O)N(Cc3ccccc3)Cc3ccccc3)o2)cc1C. The van der Waals surface area contributed by atoms with E-state index in [4.69, 9.17) is 4.42 Å². The normalized spacial score (nSPS) is 11.8. The van der Waals surface area contributed by atoms with E-state index < -0.39 is 0 Å². The molecule has 0 fully saturated rings. The van der Waals surface area contributed by atoms with Crippen LogP contribution >= 0.6 is 11.8 Å². The van der Waals surface area contributed by atoms with Gasteiger partial charge in [0.05, 0.1) is 5.25 Å². The van der Waals surface area contributed by atoms with Crippen LogP contribution in [0.5, 0.6) is 0 Å². The van der Waals surface area contributed by atoms with Crippen LogP contribution in [0.1, 0.15) is 29.2 Å². The molecule has 1 unspecified atom stereocenters. The fourth-order valence-corrected chi connectivity index (χ4v) is 4.29. The molecule has 4 aromatic rings. The second-order valence-corrected chi connectivity index (χ2v) is 9.39. The zero-order chi connectivity index (χ0) is 23.2. The van der Waals surface area contributed by atoms with Gasteiger partial charge in [-0.05, 0) is 55.2 Å². The number of aryl methyl sites for hydroxylation is 2. The predicted octanol–water partition coefficient (Wildman–Crippen LogP) is 6.06. The molecule has 0 spiro atoms. The van der Waals surface area contributed by atoms with E-state index in [1.54, 1.807) is 0 Å². The number of carbonyl (C=O) groups is 1. The van der Waals surface area contributed by atoms with Crippen molar-refractivity contribution >= 4 is 17.7 Å². The molecule has 33 heavy (non-hydrogen) atoms. The predicted molar refractivity (Wildman–Crippen MR) is 132 cm³/mol. The quantitative estimate of drug-likeness (QED) is 0.301. The fraction of sp³-hybridized carbons (Fsp3) is 0.222. The minimum atomic E-state index is -0.370. The topological polar surface area (TPSA) is 59.2 Å². The first kappa shape index (κ1) is 22.8. The molecule has 6 heteroatoms. The first-order valence-corrected chi connectivity index (χ1v) is 11.8. The first-order valence-electron chi connectivity index (χ1n) is 10.9. The maximum atomic E-state index is 13.4. The molecule has 168 valence electrons. The summed E-state index contributed by atoms with van der Waals surface area (Å²) in [6.45, 7) is 7.09. The van der Waals surface area contributed by atoms with Crippen molar-refractivity contribution in [2.24, 2.45) is 0 Å². The summed E-state index contributed by atoms with van der Waals surface area (Å²) < 4.78 is 5.87. The molecular weight excluding hydrogens is 430 g/mol. The van der Waals surface area contributed by atoms with Crippen molar-refractivity contribution < 1.29 is 9.21 Å². The van der Waals surface area contributed by atoms with Crippen molar-refractivity contribution in [3.05, 3.63) is 101 Å². The van der Waals surface area contributed by atoms with Gasteiger partial charge in [0.1, 0.15) is 0 Å². The molecule has 0 radical (unpaired) electrons. The second kappa shape index (κ2) is 10.5. The van der Waals surface area contributed by atoms with Gasteiger partial charge in [0.2, 0.25) is 11.8 Å². The number of benzene rings is 3. The molecule has 0 aliphatic rings. The van der Waals surface area contributed by atoms with Gasteiger partial charge in [0.25, 0.3) is 5.22 Å². The molecule has 0 saturated heterocycles. The Balaban J connectivity index is 1.49. The highest BCUT2D eigenvalue weighted by molar-refractivity contribution is 8.00. The van der Waals surface area contributed by atoms with E-state index in [-0.39, 0.29) is 11.2 Å². The summed E-state index contributed by atoms with van der Waals surface area (Å²) in [6.07, 6.45) is 0. The number of carbonyl (C=O) groups excluding carboxylic acids is 1. The summed E-state index contributed by atoms with van der Waals surface area (Å²) in [6, 6.07) is 26.1. The van der Waals surface area contributed by atoms with E-state index in [2.05, 4.69) is 24.0 Å². The average Bonchev–Trinajstić information content (AvgIpc) is 3.29. The van der Waals surface area contributed by atoms with Gasteiger partial charge >= 0.3 is 0 Å². The van der Waals surface area contributed by atoms with Gasteiger partial charge in [0.15, 0.2) is 0 Å². The standard InChI is InChI=1S/C27H27N3O2S/c1-19-14-15-24(16-20(19)2)25-28-29-27(32-25)33-21(3)26(31)30(17-22-10-6-4-7-11-22)18-23-12-8-5-9-13-23/h4-16,21H,17-18H2,1-3H3. The van der Waals surface area contributed by atoms with Gasteiger partial charge < -0.3 is 9.32 Å². The molecular formula is C27H27N3O2S. The molecule has 4 rings (SSSR count). The van der Waals surface area contributed by atoms with Crippen molar-refractivity contribution in [3.63, 3.8) is 0 Å². The van der Waals surface area contributed by atoms with Crippen LogP contribution in [-0.4, -0.2) is 26.3 Å². The van der Waals surface area contributed by atoms with E-state index >= 15 is 0 Å². The summed E-state index contributed by atoms with van der Waals surface area (Å²) in [5.74, 6) is 0.490. The van der Waals surface area contributed by atoms with Gasteiger partial charge in [-0.25, -0.2) is 0 Å². The maximum absolute atomic E-state index is 13.4. The number of rotatable bonds is 8. The van der Waals surface area contributed by atoms with E-state index in [0.717, 1.165) is 16.7 Å². The summed E-state index contributed by atoms with van der Waals surface area (Å²) in [7, 11) is 0. The van der Waals surface area contributed by atoms with E-state index in [1.165, 1.54) is 22.9 Å². The second-order valence-electron chi connectivity index (χ2n) is 8.10. The minimum Gasteiger partial charge on any atom is -0.411 e. The molecule has 0 saturated carbocycles. The Kier molecular flexibility index (Phi) is 7.25. The Bertz CT molecular complexity index is 1170. The Labute approximate surface area is 198 Å². The maximum Gasteiger partial charge on any atom is 0.277 e. The Morgan fingerprint density at radius 1 is 0.879 bits per heavy atom. The van der Waals surface area contributed by atoms with Crippen LogP contribution in [0, 0.1) is 13.8 Å². The van der Waals surface area contributed by atoms with Crippen LogP contribution in [0.25, 0.3) is 11.5 Å². The molecule has 1 heterocycles. The number of hydrogen-bond acceptors (Lipinski definition) is 5. The lowest BCUT2D eigenvalue weighted by Gasteiger charge is -2.25. The van der Waals surface area contributed by atoms with E-state index in [0.29, 0.717) is 24.2 Å². The average molecular weight is 458 g/mol. The highest BCUT2D eigenvalue weighted by Gasteiger charge is 2.24. The Morgan fingerprint density at radius 2 is 1.48 bits per heavy atom. The van der Waals surface area contributed by atoms with Gasteiger partial charge in [0, 0.05) is 18.7 Å². The number of aromatic nitrogens is 2. The minimum absolute atomic E-state index is 0.0265. The van der Waals surface area contributed by atoms with Crippen molar-refractivity contribution in [2.45, 2.75) is 44.3 Å². The van der Waals surface area contributed by atoms with Gasteiger partial charge in [-0.1, -0.05) is 78.5 Å². The summed E-state index contributed by atoms with van der Waals surface area (Å²) >= 11 is 1.29. The molecule has 0 aliphatic carbocycles. The third kappa shape index (κ3) is 5.90.